The minimum atomic E-state index is -5.06. The van der Waals surface area contributed by atoms with E-state index in [0.29, 0.717) is 99.0 Å². The Morgan fingerprint density at radius 1 is 0.730 bits per heavy atom. The summed E-state index contributed by atoms with van der Waals surface area (Å²) in [5, 5.41) is 20.4. The van der Waals surface area contributed by atoms with Crippen molar-refractivity contribution in [2.75, 3.05) is 72.0 Å². The van der Waals surface area contributed by atoms with Gasteiger partial charge in [-0.2, -0.15) is 22.8 Å². The summed E-state index contributed by atoms with van der Waals surface area (Å²) in [5.74, 6) is 1.25. The van der Waals surface area contributed by atoms with Crippen molar-refractivity contribution in [2.45, 2.75) is 181 Å². The molecule has 0 aromatic carbocycles. The van der Waals surface area contributed by atoms with Crippen LogP contribution in [0.1, 0.15) is 175 Å². The zero-order valence-corrected chi connectivity index (χ0v) is 46.4. The second-order valence-corrected chi connectivity index (χ2v) is 22.2. The maximum Gasteiger partial charge on any atom is 0.418 e. The van der Waals surface area contributed by atoms with Gasteiger partial charge in [-0.3, -0.25) is 4.55 Å². The number of hydroxylamine groups is 4. The SMILES string of the molecule is CCCC[N+](CCCC)(CCCC)CCCC.CCCN(CCc1nnc([C@@H]2CC[C@@H]3CN2C(=O)N3OS(=O)(=O)[O-])o1)C(=O)OC(C)(C)C.NCCNCCc1nnc([C@@H]2CC[C@@H]3CN2C(=O)N3OS(=O)(=O)O)o1. The standard InChI is InChI=1S/C18H29N5O8S.C16H36N.C12H20N6O6S/c1-5-9-21(17(25)30-18(2,3)4)10-8-14-19-20-15(29-14)13-7-6-12-11-22(13)16(24)23(12)31-32(26,27)28;1-5-9-13-17(14-10-6-2,15-11-7-3)16-12-8-4;13-4-6-14-5-3-10-15-16-11(23-10)9-2-1-8-7-17(9)12(19)18(8)24-25(20,21)22/h12-13H,5-11H2,1-4H3,(H,26,27,28);5-16H2,1-4H3;8-9,14H,1-7,13H2,(H,20,21,22)/q;+1;/p-1/t12-,13+;;8-,9+/m1.1/s1. The van der Waals surface area contributed by atoms with Crippen molar-refractivity contribution in [3.63, 3.8) is 0 Å². The molecule has 4 bridgehead atoms. The molecule has 5 amide bonds. The monoisotopic (exact) mass is 1090 g/mol. The Kier molecular flexibility index (Phi) is 24.6. The number of fused-ring (bicyclic) bond motifs is 4. The van der Waals surface area contributed by atoms with E-state index in [9.17, 15) is 35.8 Å². The Bertz CT molecular complexity index is 2230. The van der Waals surface area contributed by atoms with Gasteiger partial charge in [-0.25, -0.2) is 22.8 Å². The number of nitrogens with zero attached hydrogens (tertiary/aromatic N) is 10. The molecule has 4 atom stereocenters. The number of aromatic nitrogens is 4. The number of unbranched alkanes of at least 4 members (excludes halogenated alkanes) is 4. The molecule has 0 saturated carbocycles. The molecule has 4 aliphatic rings. The number of urea groups is 2. The second-order valence-electron chi connectivity index (χ2n) is 20.2. The molecule has 0 aliphatic carbocycles. The molecule has 0 spiro atoms. The van der Waals surface area contributed by atoms with Gasteiger partial charge in [-0.15, -0.1) is 24.7 Å². The number of nitrogens with one attached hydrogen (secondary N) is 1. The Labute approximate surface area is 437 Å². The number of nitrogens with two attached hydrogens (primary N) is 1. The molecule has 6 heterocycles. The van der Waals surface area contributed by atoms with E-state index in [1.165, 1.54) is 91.8 Å². The third kappa shape index (κ3) is 19.4. The lowest BCUT2D eigenvalue weighted by Crippen LogP contribution is -2.50. The number of carbonyl (C=O) groups is 3. The van der Waals surface area contributed by atoms with Crippen LogP contribution in [0.5, 0.6) is 0 Å². The minimum Gasteiger partial charge on any atom is -0.724 e. The Morgan fingerprint density at radius 2 is 1.19 bits per heavy atom. The Hall–Kier alpha value is -4.29. The van der Waals surface area contributed by atoms with Gasteiger partial charge in [-0.05, 0) is 78.6 Å². The summed E-state index contributed by atoms with van der Waals surface area (Å²) in [6.45, 7) is 25.5. The van der Waals surface area contributed by atoms with E-state index in [-0.39, 0.29) is 19.0 Å². The maximum atomic E-state index is 12.5. The lowest BCUT2D eigenvalue weighted by atomic mass is 10.0. The molecule has 4 fully saturated rings. The van der Waals surface area contributed by atoms with E-state index in [1.54, 1.807) is 25.7 Å². The topological polar surface area (TPSA) is 323 Å². The van der Waals surface area contributed by atoms with Crippen LogP contribution < -0.4 is 11.1 Å². The highest BCUT2D eigenvalue weighted by Gasteiger charge is 2.50. The predicted octanol–water partition coefficient (Wildman–Crippen LogP) is 5.43. The van der Waals surface area contributed by atoms with Gasteiger partial charge in [0.15, 0.2) is 0 Å². The average Bonchev–Trinajstić information content (AvgIpc) is 4.12. The molecule has 2 aromatic rings. The van der Waals surface area contributed by atoms with Crippen LogP contribution in [0.15, 0.2) is 8.83 Å². The molecule has 26 nitrogen and oxygen atoms in total. The summed E-state index contributed by atoms with van der Waals surface area (Å²) < 4.78 is 90.2. The smallest absolute Gasteiger partial charge is 0.418 e. The van der Waals surface area contributed by atoms with Crippen LogP contribution in [0.2, 0.25) is 0 Å². The van der Waals surface area contributed by atoms with E-state index in [1.807, 2.05) is 6.92 Å². The first-order valence-electron chi connectivity index (χ1n) is 26.4. The summed E-state index contributed by atoms with van der Waals surface area (Å²) in [6.07, 6.45) is 14.1. The summed E-state index contributed by atoms with van der Waals surface area (Å²) in [6, 6.07) is -3.39. The lowest BCUT2D eigenvalue weighted by Gasteiger charge is -2.39. The van der Waals surface area contributed by atoms with Gasteiger partial charge in [0, 0.05) is 58.7 Å². The van der Waals surface area contributed by atoms with Crippen LogP contribution in [-0.2, 0) is 46.9 Å². The van der Waals surface area contributed by atoms with E-state index in [0.717, 1.165) is 6.42 Å². The molecule has 4 aliphatic heterocycles. The van der Waals surface area contributed by atoms with Gasteiger partial charge in [0.05, 0.1) is 38.3 Å². The number of hydrogen-bond donors (Lipinski definition) is 3. The number of piperidine rings is 2. The fourth-order valence-electron chi connectivity index (χ4n) is 9.37. The van der Waals surface area contributed by atoms with Crippen LogP contribution in [0.4, 0.5) is 14.4 Å². The van der Waals surface area contributed by atoms with Crippen molar-refractivity contribution < 1.29 is 66.9 Å². The molecule has 6 rings (SSSR count). The average molecular weight is 1090 g/mol. The van der Waals surface area contributed by atoms with Crippen LogP contribution in [0, 0.1) is 0 Å². The first-order valence-corrected chi connectivity index (χ1v) is 29.1. The number of rotatable bonds is 28. The van der Waals surface area contributed by atoms with Crippen molar-refractivity contribution in [2.24, 2.45) is 5.73 Å². The maximum absolute atomic E-state index is 12.5. The van der Waals surface area contributed by atoms with E-state index in [2.05, 4.69) is 62.0 Å². The van der Waals surface area contributed by atoms with Crippen LogP contribution in [0.3, 0.4) is 0 Å². The van der Waals surface area contributed by atoms with Gasteiger partial charge in [0.2, 0.25) is 34.0 Å². The highest BCUT2D eigenvalue weighted by molar-refractivity contribution is 7.81. The summed E-state index contributed by atoms with van der Waals surface area (Å²) in [5.41, 5.74) is 4.78. The van der Waals surface area contributed by atoms with Gasteiger partial charge in [-0.1, -0.05) is 60.3 Å². The molecule has 0 unspecified atom stereocenters. The molecule has 28 heteroatoms. The first kappa shape index (κ1) is 62.3. The minimum absolute atomic E-state index is 0.180. The molecule has 424 valence electrons. The van der Waals surface area contributed by atoms with Gasteiger partial charge in [0.25, 0.3) is 0 Å². The summed E-state index contributed by atoms with van der Waals surface area (Å²) in [4.78, 5) is 41.6. The number of carbonyl (C=O) groups excluding carboxylic acids is 3. The largest absolute Gasteiger partial charge is 0.724 e. The van der Waals surface area contributed by atoms with Gasteiger partial charge >= 0.3 is 28.6 Å². The van der Waals surface area contributed by atoms with Crippen molar-refractivity contribution in [1.82, 2.24) is 50.5 Å². The number of ether oxygens (including phenoxy) is 1. The fourth-order valence-corrected chi connectivity index (χ4v) is 10.1. The van der Waals surface area contributed by atoms with E-state index >= 15 is 0 Å². The van der Waals surface area contributed by atoms with Gasteiger partial charge < -0.3 is 48.4 Å². The number of hydrogen-bond acceptors (Lipinski definition) is 19. The van der Waals surface area contributed by atoms with Crippen molar-refractivity contribution in [1.29, 1.82) is 0 Å². The summed E-state index contributed by atoms with van der Waals surface area (Å²) >= 11 is 0. The highest BCUT2D eigenvalue weighted by Crippen LogP contribution is 2.39. The van der Waals surface area contributed by atoms with Crippen LogP contribution >= 0.6 is 0 Å². The van der Waals surface area contributed by atoms with Crippen molar-refractivity contribution >= 4 is 39.0 Å². The zero-order valence-electron chi connectivity index (χ0n) is 44.8. The van der Waals surface area contributed by atoms with Gasteiger partial charge in [0.1, 0.15) is 17.7 Å². The second kappa shape index (κ2) is 29.3. The number of quaternary nitrogens is 1. The zero-order chi connectivity index (χ0) is 54.7. The summed E-state index contributed by atoms with van der Waals surface area (Å²) in [7, 11) is -9.82. The van der Waals surface area contributed by atoms with E-state index < -0.39 is 68.7 Å². The molecular weight excluding hydrogens is 1010 g/mol. The molecule has 2 aromatic heterocycles. The molecule has 4 saturated heterocycles. The van der Waals surface area contributed by atoms with E-state index in [4.69, 9.17) is 23.9 Å². The Morgan fingerprint density at radius 3 is 1.59 bits per heavy atom. The third-order valence-corrected chi connectivity index (χ3v) is 13.7. The molecule has 4 N–H and O–H groups in total. The molecule has 74 heavy (non-hydrogen) atoms. The van der Waals surface area contributed by atoms with Crippen LogP contribution in [-0.4, -0.2) is 183 Å². The Balaban J connectivity index is 0.000000253. The highest BCUT2D eigenvalue weighted by atomic mass is 32.3. The van der Waals surface area contributed by atoms with Crippen LogP contribution in [0.25, 0.3) is 0 Å². The molecular formula is C46H84N12O14S2. The normalized spacial score (nSPS) is 19.9. The fraction of sp³-hybridized carbons (Fsp3) is 0.848. The number of amides is 5. The lowest BCUT2D eigenvalue weighted by molar-refractivity contribution is -0.929. The molecule has 0 radical (unpaired) electrons. The van der Waals surface area contributed by atoms with Crippen molar-refractivity contribution in [3.8, 4) is 0 Å². The third-order valence-electron chi connectivity index (χ3n) is 13.0. The van der Waals surface area contributed by atoms with Crippen molar-refractivity contribution in [3.05, 3.63) is 23.6 Å². The predicted molar refractivity (Wildman–Crippen MR) is 268 cm³/mol. The quantitative estimate of drug-likeness (QED) is 0.0414. The first-order chi connectivity index (χ1) is 35.0.